The van der Waals surface area contributed by atoms with E-state index in [1.807, 2.05) is 0 Å². The molecular formula is C21H10Cl3F3N2O2. The smallest absolute Gasteiger partial charge is 0.417 e. The average molecular weight is 486 g/mol. The SMILES string of the molecule is N#C/C(=C\c1ccc(-c2c(Cl)cccc2Cl)o1)C(=O)Nc1ccc(C(F)(F)F)c(Cl)c1. The van der Waals surface area contributed by atoms with Crippen LogP contribution in [0.1, 0.15) is 11.3 Å². The summed E-state index contributed by atoms with van der Waals surface area (Å²) in [4.78, 5) is 12.4. The fraction of sp³-hybridized carbons (Fsp3) is 0.0476. The minimum atomic E-state index is -4.63. The van der Waals surface area contributed by atoms with Crippen LogP contribution in [0.5, 0.6) is 0 Å². The zero-order valence-corrected chi connectivity index (χ0v) is 17.5. The lowest BCUT2D eigenvalue weighted by molar-refractivity contribution is -0.137. The van der Waals surface area contributed by atoms with Crippen molar-refractivity contribution in [3.05, 3.63) is 80.5 Å². The van der Waals surface area contributed by atoms with Crippen LogP contribution in [0.25, 0.3) is 17.4 Å². The number of anilines is 1. The summed E-state index contributed by atoms with van der Waals surface area (Å²) >= 11 is 17.9. The highest BCUT2D eigenvalue weighted by Gasteiger charge is 2.33. The topological polar surface area (TPSA) is 66.0 Å². The molecule has 0 spiro atoms. The van der Waals surface area contributed by atoms with E-state index in [1.165, 1.54) is 12.1 Å². The van der Waals surface area contributed by atoms with Gasteiger partial charge in [0, 0.05) is 11.8 Å². The van der Waals surface area contributed by atoms with Crippen LogP contribution in [-0.4, -0.2) is 5.91 Å². The number of hydrogen-bond donors (Lipinski definition) is 1. The van der Waals surface area contributed by atoms with Gasteiger partial charge in [-0.2, -0.15) is 18.4 Å². The maximum atomic E-state index is 12.8. The van der Waals surface area contributed by atoms with Gasteiger partial charge in [0.1, 0.15) is 23.2 Å². The quantitative estimate of drug-likeness (QED) is 0.308. The van der Waals surface area contributed by atoms with Crippen molar-refractivity contribution in [2.75, 3.05) is 5.32 Å². The Labute approximate surface area is 189 Å². The van der Waals surface area contributed by atoms with Gasteiger partial charge in [0.05, 0.1) is 26.2 Å². The highest BCUT2D eigenvalue weighted by Crippen LogP contribution is 2.37. The Balaban J connectivity index is 1.83. The summed E-state index contributed by atoms with van der Waals surface area (Å²) in [5.41, 5.74) is -0.938. The first-order valence-electron chi connectivity index (χ1n) is 8.44. The minimum Gasteiger partial charge on any atom is -0.457 e. The number of amides is 1. The fourth-order valence-corrected chi connectivity index (χ4v) is 3.48. The maximum absolute atomic E-state index is 12.8. The Morgan fingerprint density at radius 3 is 2.29 bits per heavy atom. The lowest BCUT2D eigenvalue weighted by atomic mass is 10.1. The van der Waals surface area contributed by atoms with Gasteiger partial charge >= 0.3 is 6.18 Å². The number of benzene rings is 2. The molecular weight excluding hydrogens is 476 g/mol. The van der Waals surface area contributed by atoms with E-state index in [4.69, 9.17) is 39.2 Å². The third-order valence-electron chi connectivity index (χ3n) is 4.02. The lowest BCUT2D eigenvalue weighted by Crippen LogP contribution is -2.14. The van der Waals surface area contributed by atoms with Crippen molar-refractivity contribution in [2.45, 2.75) is 6.18 Å². The molecule has 31 heavy (non-hydrogen) atoms. The summed E-state index contributed by atoms with van der Waals surface area (Å²) in [6.07, 6.45) is -3.45. The predicted molar refractivity (Wildman–Crippen MR) is 113 cm³/mol. The van der Waals surface area contributed by atoms with Crippen LogP contribution < -0.4 is 5.32 Å². The second kappa shape index (κ2) is 9.06. The van der Waals surface area contributed by atoms with E-state index < -0.39 is 22.7 Å². The molecule has 0 saturated heterocycles. The standard InChI is InChI=1S/C21H10Cl3F3N2O2/c22-15-2-1-3-16(23)19(15)18-7-5-13(31-18)8-11(10-28)20(30)29-12-4-6-14(17(24)9-12)21(25,26)27/h1-9H,(H,29,30)/b11-8+. The number of nitrogens with one attached hydrogen (secondary N) is 1. The Hall–Kier alpha value is -2.92. The summed E-state index contributed by atoms with van der Waals surface area (Å²) in [6.45, 7) is 0. The van der Waals surface area contributed by atoms with Crippen LogP contribution in [-0.2, 0) is 11.0 Å². The maximum Gasteiger partial charge on any atom is 0.417 e. The van der Waals surface area contributed by atoms with Gasteiger partial charge in [-0.1, -0.05) is 40.9 Å². The van der Waals surface area contributed by atoms with Crippen LogP contribution >= 0.6 is 34.8 Å². The van der Waals surface area contributed by atoms with Crippen molar-refractivity contribution in [2.24, 2.45) is 0 Å². The van der Waals surface area contributed by atoms with Gasteiger partial charge in [0.25, 0.3) is 5.91 Å². The van der Waals surface area contributed by atoms with Crippen molar-refractivity contribution < 1.29 is 22.4 Å². The Morgan fingerprint density at radius 2 is 1.71 bits per heavy atom. The summed E-state index contributed by atoms with van der Waals surface area (Å²) in [7, 11) is 0. The number of halogens is 6. The number of carbonyl (C=O) groups excluding carboxylic acids is 1. The minimum absolute atomic E-state index is 0.00728. The molecule has 1 amide bonds. The first kappa shape index (κ1) is 22.8. The van der Waals surface area contributed by atoms with Crippen molar-refractivity contribution in [1.29, 1.82) is 5.26 Å². The molecule has 0 unspecified atom stereocenters. The summed E-state index contributed by atoms with van der Waals surface area (Å²) < 4.78 is 44.0. The largest absolute Gasteiger partial charge is 0.457 e. The van der Waals surface area contributed by atoms with Gasteiger partial charge in [-0.15, -0.1) is 0 Å². The van der Waals surface area contributed by atoms with E-state index in [9.17, 15) is 23.2 Å². The van der Waals surface area contributed by atoms with E-state index in [2.05, 4.69) is 5.32 Å². The molecule has 1 heterocycles. The van der Waals surface area contributed by atoms with Crippen LogP contribution in [0.2, 0.25) is 15.1 Å². The summed E-state index contributed by atoms with van der Waals surface area (Å²) in [5, 5.41) is 11.8. The van der Waals surface area contributed by atoms with E-state index in [0.717, 1.165) is 18.2 Å². The van der Waals surface area contributed by atoms with Crippen LogP contribution in [0.4, 0.5) is 18.9 Å². The molecule has 2 aromatic carbocycles. The first-order chi connectivity index (χ1) is 14.6. The summed E-state index contributed by atoms with van der Waals surface area (Å²) in [6, 6.07) is 12.4. The van der Waals surface area contributed by atoms with Crippen LogP contribution in [0.3, 0.4) is 0 Å². The molecule has 1 N–H and O–H groups in total. The number of carbonyl (C=O) groups is 1. The first-order valence-corrected chi connectivity index (χ1v) is 9.57. The van der Waals surface area contributed by atoms with Gasteiger partial charge in [-0.3, -0.25) is 4.79 Å². The number of nitrogens with zero attached hydrogens (tertiary/aromatic N) is 1. The van der Waals surface area contributed by atoms with E-state index >= 15 is 0 Å². The van der Waals surface area contributed by atoms with Crippen molar-refractivity contribution in [3.8, 4) is 17.4 Å². The number of nitriles is 1. The second-order valence-corrected chi connectivity index (χ2v) is 7.34. The Morgan fingerprint density at radius 1 is 1.03 bits per heavy atom. The van der Waals surface area contributed by atoms with Gasteiger partial charge < -0.3 is 9.73 Å². The van der Waals surface area contributed by atoms with Gasteiger partial charge in [0.15, 0.2) is 0 Å². The number of furan rings is 1. The van der Waals surface area contributed by atoms with Crippen molar-refractivity contribution in [3.63, 3.8) is 0 Å². The fourth-order valence-electron chi connectivity index (χ4n) is 2.61. The molecule has 1 aromatic heterocycles. The highest BCUT2D eigenvalue weighted by molar-refractivity contribution is 6.39. The molecule has 3 aromatic rings. The monoisotopic (exact) mass is 484 g/mol. The summed E-state index contributed by atoms with van der Waals surface area (Å²) in [5.74, 6) is -0.357. The van der Waals surface area contributed by atoms with Gasteiger partial charge in [-0.05, 0) is 42.5 Å². The van der Waals surface area contributed by atoms with E-state index in [1.54, 1.807) is 30.3 Å². The molecule has 0 radical (unpaired) electrons. The lowest BCUT2D eigenvalue weighted by Gasteiger charge is -2.11. The van der Waals surface area contributed by atoms with Gasteiger partial charge in [-0.25, -0.2) is 0 Å². The molecule has 158 valence electrons. The molecule has 10 heteroatoms. The molecule has 0 aliphatic rings. The average Bonchev–Trinajstić information content (AvgIpc) is 3.13. The molecule has 0 bridgehead atoms. The molecule has 3 rings (SSSR count). The second-order valence-electron chi connectivity index (χ2n) is 6.11. The molecule has 0 atom stereocenters. The van der Waals surface area contributed by atoms with Crippen molar-refractivity contribution >= 4 is 52.5 Å². The number of hydrogen-bond acceptors (Lipinski definition) is 3. The number of alkyl halides is 3. The van der Waals surface area contributed by atoms with Crippen LogP contribution in [0, 0.1) is 11.3 Å². The van der Waals surface area contributed by atoms with E-state index in [-0.39, 0.29) is 17.0 Å². The Bertz CT molecular complexity index is 1210. The molecule has 0 aliphatic carbocycles. The zero-order valence-electron chi connectivity index (χ0n) is 15.2. The van der Waals surface area contributed by atoms with Crippen LogP contribution in [0.15, 0.2) is 58.5 Å². The predicted octanol–water partition coefficient (Wildman–Crippen LogP) is 7.47. The highest BCUT2D eigenvalue weighted by atomic mass is 35.5. The van der Waals surface area contributed by atoms with Crippen molar-refractivity contribution in [1.82, 2.24) is 0 Å². The molecule has 4 nitrogen and oxygen atoms in total. The third-order valence-corrected chi connectivity index (χ3v) is 4.96. The molecule has 0 fully saturated rings. The molecule has 0 saturated carbocycles. The third kappa shape index (κ3) is 5.23. The zero-order chi connectivity index (χ0) is 22.8. The Kier molecular flexibility index (Phi) is 6.65. The van der Waals surface area contributed by atoms with E-state index in [0.29, 0.717) is 21.4 Å². The normalized spacial score (nSPS) is 11.8. The van der Waals surface area contributed by atoms with Gasteiger partial charge in [0.2, 0.25) is 0 Å². The molecule has 0 aliphatic heterocycles. The number of rotatable bonds is 4.